The van der Waals surface area contributed by atoms with E-state index in [0.717, 1.165) is 30.0 Å². The van der Waals surface area contributed by atoms with Crippen molar-refractivity contribution in [1.29, 1.82) is 5.26 Å². The van der Waals surface area contributed by atoms with Gasteiger partial charge in [0.1, 0.15) is 5.75 Å². The number of aryl methyl sites for hydroxylation is 1. The second kappa shape index (κ2) is 8.20. The van der Waals surface area contributed by atoms with E-state index in [-0.39, 0.29) is 28.0 Å². The molecule has 0 amide bonds. The van der Waals surface area contributed by atoms with Crippen molar-refractivity contribution in [3.05, 3.63) is 75.9 Å². The molecule has 0 aliphatic heterocycles. The van der Waals surface area contributed by atoms with Crippen molar-refractivity contribution in [3.63, 3.8) is 0 Å². The van der Waals surface area contributed by atoms with Crippen molar-refractivity contribution >= 4 is 0 Å². The van der Waals surface area contributed by atoms with Crippen molar-refractivity contribution < 1.29 is 18.6 Å². The number of nitriles is 1. The van der Waals surface area contributed by atoms with Crippen molar-refractivity contribution in [2.75, 3.05) is 7.11 Å². The highest BCUT2D eigenvalue weighted by molar-refractivity contribution is 5.61. The van der Waals surface area contributed by atoms with E-state index in [0.29, 0.717) is 12.3 Å². The molecule has 5 heteroatoms. The van der Waals surface area contributed by atoms with E-state index in [1.807, 2.05) is 13.0 Å². The van der Waals surface area contributed by atoms with Crippen LogP contribution in [0.4, 0.5) is 8.78 Å². The molecule has 2 aromatic carbocycles. The number of ether oxygens (including phenoxy) is 1. The van der Waals surface area contributed by atoms with Gasteiger partial charge in [0, 0.05) is 16.7 Å². The van der Waals surface area contributed by atoms with Crippen LogP contribution in [0.25, 0.3) is 0 Å². The van der Waals surface area contributed by atoms with Crippen LogP contribution < -0.4 is 4.74 Å². The molecule has 0 saturated carbocycles. The molecule has 0 spiro atoms. The fourth-order valence-electron chi connectivity index (χ4n) is 3.91. The van der Waals surface area contributed by atoms with Crippen LogP contribution in [0.15, 0.2) is 42.5 Å². The Hall–Kier alpha value is -2.71. The van der Waals surface area contributed by atoms with E-state index in [9.17, 15) is 5.11 Å². The molecule has 0 heterocycles. The van der Waals surface area contributed by atoms with Gasteiger partial charge < -0.3 is 9.84 Å². The van der Waals surface area contributed by atoms with Crippen LogP contribution in [0.2, 0.25) is 0 Å². The summed E-state index contributed by atoms with van der Waals surface area (Å²) < 4.78 is 35.5. The zero-order chi connectivity index (χ0) is 22.1. The molecule has 2 atom stereocenters. The molecule has 3 nitrogen and oxygen atoms in total. The Kier molecular flexibility index (Phi) is 6.01. The summed E-state index contributed by atoms with van der Waals surface area (Å²) in [4.78, 5) is 0. The largest absolute Gasteiger partial charge is 0.496 e. The lowest BCUT2D eigenvalue weighted by Crippen LogP contribution is -2.54. The fraction of sp³-hybridized carbons (Fsp3) is 0.400. The lowest BCUT2D eigenvalue weighted by molar-refractivity contribution is -0.202. The Balaban J connectivity index is 1.98. The third-order valence-electron chi connectivity index (χ3n) is 6.12. The van der Waals surface area contributed by atoms with Crippen molar-refractivity contribution in [2.24, 2.45) is 5.92 Å². The Morgan fingerprint density at radius 3 is 2.53 bits per heavy atom. The van der Waals surface area contributed by atoms with Crippen LogP contribution in [0.5, 0.6) is 5.75 Å². The molecular formula is C25H27F2NO2. The first-order valence-corrected chi connectivity index (χ1v) is 10.2. The molecule has 3 rings (SSSR count). The minimum atomic E-state index is -3.52. The number of hydrogen-bond acceptors (Lipinski definition) is 3. The number of rotatable bonds is 7. The summed E-state index contributed by atoms with van der Waals surface area (Å²) in [5.41, 5.74) is -0.758. The van der Waals surface area contributed by atoms with Crippen LogP contribution in [-0.2, 0) is 17.9 Å². The molecule has 1 aliphatic carbocycles. The summed E-state index contributed by atoms with van der Waals surface area (Å²) in [5.74, 6) is -2.67. The van der Waals surface area contributed by atoms with E-state index in [2.05, 4.69) is 26.0 Å². The Labute approximate surface area is 176 Å². The molecule has 2 unspecified atom stereocenters. The number of allylic oxidation sites excluding steroid dienone is 2. The molecule has 0 saturated heterocycles. The second-order valence-electron chi connectivity index (χ2n) is 8.06. The number of hydrogen-bond donors (Lipinski definition) is 1. The SMILES string of the molecule is CCC(C)C/C=C/Cc1cc(OC)c(C2(O)c3ccc(C#N)cc3C2(F)F)cc1C. The minimum absolute atomic E-state index is 0.0389. The van der Waals surface area contributed by atoms with Crippen molar-refractivity contribution in [3.8, 4) is 11.8 Å². The van der Waals surface area contributed by atoms with Gasteiger partial charge in [-0.3, -0.25) is 0 Å². The number of benzene rings is 2. The average molecular weight is 411 g/mol. The number of methoxy groups -OCH3 is 1. The van der Waals surface area contributed by atoms with Gasteiger partial charge in [-0.1, -0.05) is 38.5 Å². The Morgan fingerprint density at radius 2 is 1.90 bits per heavy atom. The maximum atomic E-state index is 15.1. The third kappa shape index (κ3) is 3.40. The van der Waals surface area contributed by atoms with Gasteiger partial charge in [0.05, 0.1) is 18.7 Å². The first-order chi connectivity index (χ1) is 14.2. The fourth-order valence-corrected chi connectivity index (χ4v) is 3.91. The first kappa shape index (κ1) is 22.0. The smallest absolute Gasteiger partial charge is 0.310 e. The zero-order valence-electron chi connectivity index (χ0n) is 17.8. The molecule has 0 radical (unpaired) electrons. The van der Waals surface area contributed by atoms with Crippen molar-refractivity contribution in [1.82, 2.24) is 0 Å². The molecule has 1 N–H and O–H groups in total. The zero-order valence-corrected chi connectivity index (χ0v) is 17.8. The molecule has 2 aromatic rings. The van der Waals surface area contributed by atoms with Crippen LogP contribution in [-0.4, -0.2) is 12.2 Å². The average Bonchev–Trinajstić information content (AvgIpc) is 2.75. The number of aliphatic hydroxyl groups is 1. The van der Waals surface area contributed by atoms with Gasteiger partial charge in [-0.25, -0.2) is 0 Å². The first-order valence-electron chi connectivity index (χ1n) is 10.2. The normalized spacial score (nSPS) is 20.3. The van der Waals surface area contributed by atoms with Crippen LogP contribution in [0.3, 0.4) is 0 Å². The molecular weight excluding hydrogens is 384 g/mol. The number of nitrogens with zero attached hydrogens (tertiary/aromatic N) is 1. The van der Waals surface area contributed by atoms with E-state index < -0.39 is 11.5 Å². The van der Waals surface area contributed by atoms with Gasteiger partial charge in [0.2, 0.25) is 0 Å². The highest BCUT2D eigenvalue weighted by Crippen LogP contribution is 2.61. The molecule has 1 aliphatic rings. The van der Waals surface area contributed by atoms with E-state index in [1.165, 1.54) is 19.2 Å². The topological polar surface area (TPSA) is 53.2 Å². The number of fused-ring (bicyclic) bond motifs is 1. The molecule has 0 fully saturated rings. The third-order valence-corrected chi connectivity index (χ3v) is 6.12. The van der Waals surface area contributed by atoms with E-state index in [4.69, 9.17) is 10.00 Å². The Bertz CT molecular complexity index is 1020. The van der Waals surface area contributed by atoms with Gasteiger partial charge >= 0.3 is 5.92 Å². The van der Waals surface area contributed by atoms with Gasteiger partial charge in [-0.2, -0.15) is 14.0 Å². The number of halogens is 2. The van der Waals surface area contributed by atoms with Crippen molar-refractivity contribution in [2.45, 2.75) is 51.6 Å². The maximum Gasteiger partial charge on any atom is 0.310 e. The molecule has 0 bridgehead atoms. The van der Waals surface area contributed by atoms with Gasteiger partial charge in [0.15, 0.2) is 5.60 Å². The lowest BCUT2D eigenvalue weighted by Gasteiger charge is -2.47. The number of alkyl halides is 2. The predicted molar refractivity (Wildman–Crippen MR) is 113 cm³/mol. The quantitative estimate of drug-likeness (QED) is 0.590. The molecule has 158 valence electrons. The summed E-state index contributed by atoms with van der Waals surface area (Å²) in [7, 11) is 1.41. The summed E-state index contributed by atoms with van der Waals surface area (Å²) in [6.07, 6.45) is 7.01. The highest BCUT2D eigenvalue weighted by atomic mass is 19.3. The summed E-state index contributed by atoms with van der Waals surface area (Å²) >= 11 is 0. The maximum absolute atomic E-state index is 15.1. The minimum Gasteiger partial charge on any atom is -0.496 e. The van der Waals surface area contributed by atoms with E-state index in [1.54, 1.807) is 12.1 Å². The molecule has 30 heavy (non-hydrogen) atoms. The van der Waals surface area contributed by atoms with E-state index >= 15 is 8.78 Å². The van der Waals surface area contributed by atoms with Gasteiger partial charge in [0.25, 0.3) is 0 Å². The lowest BCUT2D eigenvalue weighted by atomic mass is 9.65. The summed E-state index contributed by atoms with van der Waals surface area (Å²) in [5, 5.41) is 20.1. The summed E-state index contributed by atoms with van der Waals surface area (Å²) in [6, 6.07) is 9.15. The highest BCUT2D eigenvalue weighted by Gasteiger charge is 2.67. The van der Waals surface area contributed by atoms with Crippen LogP contribution >= 0.6 is 0 Å². The van der Waals surface area contributed by atoms with Gasteiger partial charge in [-0.15, -0.1) is 0 Å². The second-order valence-corrected chi connectivity index (χ2v) is 8.06. The Morgan fingerprint density at radius 1 is 1.17 bits per heavy atom. The standard InChI is InChI=1S/C25H27F2NO2/c1-5-16(2)8-6-7-9-19-14-23(30-4)22(12-17(19)3)24(29)20-11-10-18(15-28)13-21(20)25(24,26)27/h6-7,10-14,16,29H,5,8-9H2,1-4H3/b7-6+. The van der Waals surface area contributed by atoms with Gasteiger partial charge in [-0.05, 0) is 61.1 Å². The molecule has 0 aromatic heterocycles. The van der Waals surface area contributed by atoms with Crippen LogP contribution in [0, 0.1) is 24.2 Å². The predicted octanol–water partition coefficient (Wildman–Crippen LogP) is 5.75. The summed E-state index contributed by atoms with van der Waals surface area (Å²) in [6.45, 7) is 6.21. The monoisotopic (exact) mass is 411 g/mol. The van der Waals surface area contributed by atoms with Crippen LogP contribution in [0.1, 0.15) is 60.1 Å².